The predicted molar refractivity (Wildman–Crippen MR) is 77.1 cm³/mol. The molecule has 1 aliphatic rings. The Morgan fingerprint density at radius 1 is 1.45 bits per heavy atom. The number of carbonyl (C=O) groups is 1. The molecule has 0 bridgehead atoms. The molecule has 2 unspecified atom stereocenters. The topological polar surface area (TPSA) is 38.3 Å². The van der Waals surface area contributed by atoms with Gasteiger partial charge in [0.1, 0.15) is 5.82 Å². The van der Waals surface area contributed by atoms with Crippen LogP contribution in [-0.2, 0) is 9.53 Å². The Morgan fingerprint density at radius 3 is 3.00 bits per heavy atom. The number of rotatable bonds is 4. The summed E-state index contributed by atoms with van der Waals surface area (Å²) >= 11 is 0. The predicted octanol–water partition coefficient (Wildman–Crippen LogP) is 3.67. The number of benzene rings is 1. The van der Waals surface area contributed by atoms with Crippen LogP contribution in [0.2, 0.25) is 0 Å². The van der Waals surface area contributed by atoms with Crippen molar-refractivity contribution in [2.24, 2.45) is 5.92 Å². The highest BCUT2D eigenvalue weighted by atomic mass is 19.1. The first-order valence-electron chi connectivity index (χ1n) is 7.30. The molecule has 4 heteroatoms. The Bertz CT molecular complexity index is 476. The number of carbonyl (C=O) groups excluding carboxylic acids is 1. The minimum absolute atomic E-state index is 0.0323. The van der Waals surface area contributed by atoms with Crippen LogP contribution in [0.15, 0.2) is 18.2 Å². The highest BCUT2D eigenvalue weighted by molar-refractivity contribution is 5.72. The minimum Gasteiger partial charge on any atom is -0.466 e. The first kappa shape index (κ1) is 14.8. The van der Waals surface area contributed by atoms with Crippen LogP contribution < -0.4 is 5.32 Å². The normalized spacial score (nSPS) is 22.4. The summed E-state index contributed by atoms with van der Waals surface area (Å²) in [6, 6.07) is 5.25. The Balaban J connectivity index is 1.99. The lowest BCUT2D eigenvalue weighted by Crippen LogP contribution is -2.32. The van der Waals surface area contributed by atoms with E-state index in [0.717, 1.165) is 31.4 Å². The fraction of sp³-hybridized carbons (Fsp3) is 0.562. The van der Waals surface area contributed by atoms with E-state index in [1.165, 1.54) is 6.07 Å². The number of ether oxygens (including phenoxy) is 1. The fourth-order valence-electron chi connectivity index (χ4n) is 2.78. The molecule has 0 heterocycles. The molecular formula is C16H22FNO2. The van der Waals surface area contributed by atoms with Crippen LogP contribution in [-0.4, -0.2) is 18.6 Å². The molecule has 0 spiro atoms. The molecule has 2 atom stereocenters. The number of nitrogens with one attached hydrogen (secondary N) is 1. The van der Waals surface area contributed by atoms with E-state index in [0.29, 0.717) is 12.2 Å². The summed E-state index contributed by atoms with van der Waals surface area (Å²) in [6.07, 6.45) is 3.65. The van der Waals surface area contributed by atoms with Crippen LogP contribution in [0.5, 0.6) is 0 Å². The zero-order valence-electron chi connectivity index (χ0n) is 12.1. The molecule has 0 saturated heterocycles. The fourth-order valence-corrected chi connectivity index (χ4v) is 2.78. The van der Waals surface area contributed by atoms with E-state index in [-0.39, 0.29) is 23.7 Å². The molecule has 110 valence electrons. The lowest BCUT2D eigenvalue weighted by Gasteiger charge is -2.29. The van der Waals surface area contributed by atoms with Crippen LogP contribution in [0.1, 0.15) is 38.2 Å². The largest absolute Gasteiger partial charge is 0.466 e. The maximum absolute atomic E-state index is 13.5. The Morgan fingerprint density at radius 2 is 2.25 bits per heavy atom. The molecule has 1 fully saturated rings. The maximum Gasteiger partial charge on any atom is 0.308 e. The number of halogens is 1. The van der Waals surface area contributed by atoms with Gasteiger partial charge in [-0.2, -0.15) is 0 Å². The van der Waals surface area contributed by atoms with E-state index in [1.54, 1.807) is 13.0 Å². The van der Waals surface area contributed by atoms with E-state index in [9.17, 15) is 9.18 Å². The smallest absolute Gasteiger partial charge is 0.308 e. The van der Waals surface area contributed by atoms with Crippen LogP contribution in [0.25, 0.3) is 0 Å². The van der Waals surface area contributed by atoms with Crippen molar-refractivity contribution in [1.29, 1.82) is 0 Å². The second kappa shape index (κ2) is 6.73. The summed E-state index contributed by atoms with van der Waals surface area (Å²) in [5.41, 5.74) is 1.45. The summed E-state index contributed by atoms with van der Waals surface area (Å²) in [6.45, 7) is 4.02. The summed E-state index contributed by atoms with van der Waals surface area (Å²) in [5.74, 6) is -0.335. The van der Waals surface area contributed by atoms with E-state index >= 15 is 0 Å². The maximum atomic E-state index is 13.5. The quantitative estimate of drug-likeness (QED) is 0.855. The third-order valence-corrected chi connectivity index (χ3v) is 3.92. The van der Waals surface area contributed by atoms with Crippen molar-refractivity contribution in [2.45, 2.75) is 45.6 Å². The number of hydrogen-bond donors (Lipinski definition) is 1. The van der Waals surface area contributed by atoms with Gasteiger partial charge in [0.05, 0.1) is 12.5 Å². The summed E-state index contributed by atoms with van der Waals surface area (Å²) < 4.78 is 18.6. The second-order valence-electron chi connectivity index (χ2n) is 5.37. The summed E-state index contributed by atoms with van der Waals surface area (Å²) in [5, 5.41) is 3.37. The van der Waals surface area contributed by atoms with Gasteiger partial charge in [-0.05, 0) is 45.2 Å². The highest BCUT2D eigenvalue weighted by Gasteiger charge is 2.28. The van der Waals surface area contributed by atoms with Crippen molar-refractivity contribution in [2.75, 3.05) is 11.9 Å². The molecule has 3 nitrogen and oxygen atoms in total. The molecule has 0 aliphatic heterocycles. The monoisotopic (exact) mass is 279 g/mol. The zero-order chi connectivity index (χ0) is 14.5. The highest BCUT2D eigenvalue weighted by Crippen LogP contribution is 2.29. The third-order valence-electron chi connectivity index (χ3n) is 3.92. The Hall–Kier alpha value is -1.58. The summed E-state index contributed by atoms with van der Waals surface area (Å²) in [7, 11) is 0. The van der Waals surface area contributed by atoms with Crippen LogP contribution in [0.4, 0.5) is 10.1 Å². The van der Waals surface area contributed by atoms with Crippen molar-refractivity contribution in [3.05, 3.63) is 29.6 Å². The first-order chi connectivity index (χ1) is 9.61. The standard InChI is InChI=1S/C16H22FNO2/c1-3-20-16(19)12-6-4-7-13(10-12)18-15-9-5-8-14(17)11(15)2/h5,8-9,12-13,18H,3-4,6-7,10H2,1-2H3. The average molecular weight is 279 g/mol. The molecule has 1 aromatic carbocycles. The van der Waals surface area contributed by atoms with Crippen LogP contribution in [0, 0.1) is 18.7 Å². The molecule has 0 amide bonds. The van der Waals surface area contributed by atoms with E-state index in [2.05, 4.69) is 5.32 Å². The molecule has 1 aliphatic carbocycles. The Labute approximate surface area is 119 Å². The third kappa shape index (κ3) is 3.50. The van der Waals surface area contributed by atoms with Crippen molar-refractivity contribution < 1.29 is 13.9 Å². The van der Waals surface area contributed by atoms with Crippen LogP contribution in [0.3, 0.4) is 0 Å². The van der Waals surface area contributed by atoms with Gasteiger partial charge in [0.25, 0.3) is 0 Å². The first-order valence-corrected chi connectivity index (χ1v) is 7.30. The van der Waals surface area contributed by atoms with E-state index in [1.807, 2.05) is 13.0 Å². The number of anilines is 1. The molecule has 2 rings (SSSR count). The van der Waals surface area contributed by atoms with Gasteiger partial charge in [-0.3, -0.25) is 4.79 Å². The zero-order valence-corrected chi connectivity index (χ0v) is 12.1. The van der Waals surface area contributed by atoms with Crippen molar-refractivity contribution >= 4 is 11.7 Å². The molecule has 0 radical (unpaired) electrons. The van der Waals surface area contributed by atoms with Gasteiger partial charge in [-0.15, -0.1) is 0 Å². The van der Waals surface area contributed by atoms with Gasteiger partial charge < -0.3 is 10.1 Å². The van der Waals surface area contributed by atoms with Crippen molar-refractivity contribution in [1.82, 2.24) is 0 Å². The molecule has 20 heavy (non-hydrogen) atoms. The van der Waals surface area contributed by atoms with E-state index < -0.39 is 0 Å². The lowest BCUT2D eigenvalue weighted by molar-refractivity contribution is -0.149. The molecular weight excluding hydrogens is 257 g/mol. The van der Waals surface area contributed by atoms with Crippen LogP contribution >= 0.6 is 0 Å². The van der Waals surface area contributed by atoms with Gasteiger partial charge in [0.2, 0.25) is 0 Å². The van der Waals surface area contributed by atoms with Gasteiger partial charge in [0, 0.05) is 17.3 Å². The summed E-state index contributed by atoms with van der Waals surface area (Å²) in [4.78, 5) is 11.8. The molecule has 1 N–H and O–H groups in total. The molecule has 1 aromatic rings. The van der Waals surface area contributed by atoms with Crippen molar-refractivity contribution in [3.63, 3.8) is 0 Å². The lowest BCUT2D eigenvalue weighted by atomic mass is 9.85. The van der Waals surface area contributed by atoms with Gasteiger partial charge >= 0.3 is 5.97 Å². The number of esters is 1. The second-order valence-corrected chi connectivity index (χ2v) is 5.37. The van der Waals surface area contributed by atoms with E-state index in [4.69, 9.17) is 4.74 Å². The number of hydrogen-bond acceptors (Lipinski definition) is 3. The van der Waals surface area contributed by atoms with Crippen molar-refractivity contribution in [3.8, 4) is 0 Å². The van der Waals surface area contributed by atoms with Gasteiger partial charge in [-0.1, -0.05) is 12.5 Å². The SMILES string of the molecule is CCOC(=O)C1CCCC(Nc2cccc(F)c2C)C1. The molecule has 1 saturated carbocycles. The Kier molecular flexibility index (Phi) is 4.99. The van der Waals surface area contributed by atoms with Gasteiger partial charge in [0.15, 0.2) is 0 Å². The minimum atomic E-state index is -0.201. The molecule has 0 aromatic heterocycles. The average Bonchev–Trinajstić information content (AvgIpc) is 2.44. The van der Waals surface area contributed by atoms with Gasteiger partial charge in [-0.25, -0.2) is 4.39 Å².